The van der Waals surface area contributed by atoms with E-state index in [1.807, 2.05) is 45.0 Å². The molecule has 1 amide bonds. The van der Waals surface area contributed by atoms with Crippen molar-refractivity contribution in [1.82, 2.24) is 0 Å². The lowest BCUT2D eigenvalue weighted by atomic mass is 10.2. The maximum absolute atomic E-state index is 12.1. The van der Waals surface area contributed by atoms with Gasteiger partial charge in [0.15, 0.2) is 11.5 Å². The van der Waals surface area contributed by atoms with Gasteiger partial charge in [-0.2, -0.15) is 0 Å². The number of nitrogens with one attached hydrogen (secondary N) is 1. The minimum atomic E-state index is -0.257. The molecule has 5 heteroatoms. The number of hydrogen-bond acceptors (Lipinski definition) is 3. The van der Waals surface area contributed by atoms with E-state index in [1.165, 1.54) is 6.08 Å². The van der Waals surface area contributed by atoms with Crippen LogP contribution in [0.15, 0.2) is 42.5 Å². The first-order valence-electron chi connectivity index (χ1n) is 7.99. The molecule has 0 aromatic heterocycles. The van der Waals surface area contributed by atoms with E-state index in [9.17, 15) is 4.79 Å². The first kappa shape index (κ1) is 18.9. The van der Waals surface area contributed by atoms with Crippen LogP contribution in [-0.4, -0.2) is 19.1 Å². The molecule has 1 N–H and O–H groups in total. The summed E-state index contributed by atoms with van der Waals surface area (Å²) in [5.74, 6) is 1.04. The fraction of sp³-hybridized carbons (Fsp3) is 0.250. The highest BCUT2D eigenvalue weighted by Gasteiger charge is 2.07. The molecule has 2 aromatic carbocycles. The van der Waals surface area contributed by atoms with Gasteiger partial charge in [0.05, 0.1) is 23.9 Å². The zero-order valence-electron chi connectivity index (χ0n) is 14.8. The smallest absolute Gasteiger partial charge is 0.248 e. The van der Waals surface area contributed by atoms with Gasteiger partial charge in [-0.25, -0.2) is 0 Å². The van der Waals surface area contributed by atoms with Gasteiger partial charge in [0.25, 0.3) is 0 Å². The van der Waals surface area contributed by atoms with Crippen LogP contribution in [0.4, 0.5) is 5.69 Å². The zero-order valence-corrected chi connectivity index (χ0v) is 15.6. The number of methoxy groups -OCH3 is 1. The van der Waals surface area contributed by atoms with Crippen LogP contribution in [0.1, 0.15) is 25.0 Å². The third-order valence-corrected chi connectivity index (χ3v) is 3.67. The Morgan fingerprint density at radius 3 is 2.56 bits per heavy atom. The van der Waals surface area contributed by atoms with Crippen molar-refractivity contribution in [3.63, 3.8) is 0 Å². The van der Waals surface area contributed by atoms with Crippen LogP contribution < -0.4 is 14.8 Å². The van der Waals surface area contributed by atoms with Gasteiger partial charge in [-0.15, -0.1) is 0 Å². The topological polar surface area (TPSA) is 47.6 Å². The SMILES string of the molecule is COc1cc(/C=C/C(=O)Nc2ccc(C)cc2Cl)ccc1OC(C)C. The molecule has 0 aliphatic rings. The number of benzene rings is 2. The van der Waals surface area contributed by atoms with E-state index in [4.69, 9.17) is 21.1 Å². The molecule has 0 fully saturated rings. The molecule has 0 aliphatic heterocycles. The minimum absolute atomic E-state index is 0.0559. The zero-order chi connectivity index (χ0) is 18.4. The Hall–Kier alpha value is -2.46. The molecule has 25 heavy (non-hydrogen) atoms. The molecular weight excluding hydrogens is 338 g/mol. The Balaban J connectivity index is 2.08. The van der Waals surface area contributed by atoms with Crippen molar-refractivity contribution >= 4 is 29.3 Å². The number of rotatable bonds is 6. The van der Waals surface area contributed by atoms with E-state index < -0.39 is 0 Å². The second kappa shape index (κ2) is 8.58. The van der Waals surface area contributed by atoms with Gasteiger partial charge < -0.3 is 14.8 Å². The first-order chi connectivity index (χ1) is 11.9. The summed E-state index contributed by atoms with van der Waals surface area (Å²) in [6, 6.07) is 11.0. The highest BCUT2D eigenvalue weighted by atomic mass is 35.5. The Labute approximate surface area is 153 Å². The van der Waals surface area contributed by atoms with E-state index in [-0.39, 0.29) is 12.0 Å². The summed E-state index contributed by atoms with van der Waals surface area (Å²) in [7, 11) is 1.59. The normalized spacial score (nSPS) is 11.0. The van der Waals surface area contributed by atoms with E-state index in [2.05, 4.69) is 5.32 Å². The number of carbonyl (C=O) groups is 1. The molecule has 0 saturated carbocycles. The average molecular weight is 360 g/mol. The molecule has 0 heterocycles. The van der Waals surface area contributed by atoms with Crippen LogP contribution in [0.3, 0.4) is 0 Å². The molecule has 2 aromatic rings. The number of hydrogen-bond donors (Lipinski definition) is 1. The lowest BCUT2D eigenvalue weighted by Crippen LogP contribution is -2.08. The fourth-order valence-electron chi connectivity index (χ4n) is 2.21. The predicted octanol–water partition coefficient (Wildman–Crippen LogP) is 5.10. The van der Waals surface area contributed by atoms with Crippen LogP contribution in [0.25, 0.3) is 6.08 Å². The summed E-state index contributed by atoms with van der Waals surface area (Å²) in [5.41, 5.74) is 2.45. The van der Waals surface area contributed by atoms with Crippen LogP contribution in [0.5, 0.6) is 11.5 Å². The Morgan fingerprint density at radius 2 is 1.92 bits per heavy atom. The third-order valence-electron chi connectivity index (χ3n) is 3.36. The van der Waals surface area contributed by atoms with Gasteiger partial charge in [-0.05, 0) is 62.2 Å². The highest BCUT2D eigenvalue weighted by molar-refractivity contribution is 6.33. The molecule has 2 rings (SSSR count). The molecule has 0 atom stereocenters. The van der Waals surface area contributed by atoms with Gasteiger partial charge in [0.2, 0.25) is 5.91 Å². The molecule has 0 unspecified atom stereocenters. The van der Waals surface area contributed by atoms with E-state index in [0.29, 0.717) is 22.2 Å². The highest BCUT2D eigenvalue weighted by Crippen LogP contribution is 2.29. The molecule has 0 bridgehead atoms. The summed E-state index contributed by atoms with van der Waals surface area (Å²) < 4.78 is 11.0. The second-order valence-corrected chi connectivity index (χ2v) is 6.29. The third kappa shape index (κ3) is 5.54. The van der Waals surface area contributed by atoms with Gasteiger partial charge >= 0.3 is 0 Å². The van der Waals surface area contributed by atoms with E-state index in [0.717, 1.165) is 11.1 Å². The molecule has 132 valence electrons. The summed E-state index contributed by atoms with van der Waals surface area (Å²) in [4.78, 5) is 12.1. The lowest BCUT2D eigenvalue weighted by molar-refractivity contribution is -0.111. The quantitative estimate of drug-likeness (QED) is 0.730. The Morgan fingerprint density at radius 1 is 1.16 bits per heavy atom. The van der Waals surface area contributed by atoms with E-state index >= 15 is 0 Å². The molecule has 0 saturated heterocycles. The molecule has 0 spiro atoms. The van der Waals surface area contributed by atoms with Gasteiger partial charge in [0.1, 0.15) is 0 Å². The van der Waals surface area contributed by atoms with Crippen LogP contribution >= 0.6 is 11.6 Å². The maximum Gasteiger partial charge on any atom is 0.248 e. The van der Waals surface area contributed by atoms with Gasteiger partial charge in [0, 0.05) is 6.08 Å². The number of ether oxygens (including phenoxy) is 2. The van der Waals surface area contributed by atoms with E-state index in [1.54, 1.807) is 25.3 Å². The van der Waals surface area contributed by atoms with Gasteiger partial charge in [-0.3, -0.25) is 4.79 Å². The number of anilines is 1. The molecule has 0 aliphatic carbocycles. The second-order valence-electron chi connectivity index (χ2n) is 5.88. The molecule has 4 nitrogen and oxygen atoms in total. The van der Waals surface area contributed by atoms with Crippen molar-refractivity contribution in [1.29, 1.82) is 0 Å². The summed E-state index contributed by atoms with van der Waals surface area (Å²) in [6.45, 7) is 5.85. The summed E-state index contributed by atoms with van der Waals surface area (Å²) in [5, 5.41) is 3.27. The Kier molecular flexibility index (Phi) is 6.48. The monoisotopic (exact) mass is 359 g/mol. The van der Waals surface area contributed by atoms with Crippen molar-refractivity contribution in [3.05, 3.63) is 58.6 Å². The van der Waals surface area contributed by atoms with Crippen LogP contribution in [-0.2, 0) is 4.79 Å². The maximum atomic E-state index is 12.1. The minimum Gasteiger partial charge on any atom is -0.493 e. The van der Waals surface area contributed by atoms with Crippen LogP contribution in [0, 0.1) is 6.92 Å². The number of carbonyl (C=O) groups excluding carboxylic acids is 1. The largest absolute Gasteiger partial charge is 0.493 e. The summed E-state index contributed by atoms with van der Waals surface area (Å²) in [6.07, 6.45) is 3.22. The van der Waals surface area contributed by atoms with Crippen LogP contribution in [0.2, 0.25) is 5.02 Å². The van der Waals surface area contributed by atoms with Crippen molar-refractivity contribution in [3.8, 4) is 11.5 Å². The lowest BCUT2D eigenvalue weighted by Gasteiger charge is -2.13. The molecule has 0 radical (unpaired) electrons. The Bertz CT molecular complexity index is 785. The van der Waals surface area contributed by atoms with Crippen molar-refractivity contribution in [2.75, 3.05) is 12.4 Å². The predicted molar refractivity (Wildman–Crippen MR) is 103 cm³/mol. The number of halogens is 1. The number of aryl methyl sites for hydroxylation is 1. The fourth-order valence-corrected chi connectivity index (χ4v) is 2.49. The standard InChI is InChI=1S/C20H22ClNO3/c1-13(2)25-18-9-6-15(12-19(18)24-4)7-10-20(23)22-17-8-5-14(3)11-16(17)21/h5-13H,1-4H3,(H,22,23)/b10-7+. The molecular formula is C20H22ClNO3. The summed E-state index contributed by atoms with van der Waals surface area (Å²) >= 11 is 6.12. The van der Waals surface area contributed by atoms with Crippen molar-refractivity contribution < 1.29 is 14.3 Å². The average Bonchev–Trinajstić information content (AvgIpc) is 2.56. The van der Waals surface area contributed by atoms with Crippen molar-refractivity contribution in [2.24, 2.45) is 0 Å². The van der Waals surface area contributed by atoms with Crippen molar-refractivity contribution in [2.45, 2.75) is 26.9 Å². The number of amides is 1. The van der Waals surface area contributed by atoms with Gasteiger partial charge in [-0.1, -0.05) is 23.7 Å². The first-order valence-corrected chi connectivity index (χ1v) is 8.36.